The Bertz CT molecular complexity index is 364. The summed E-state index contributed by atoms with van der Waals surface area (Å²) in [6, 6.07) is 8.11. The molecular weight excluding hydrogens is 254 g/mol. The second-order valence-corrected chi connectivity index (χ2v) is 5.49. The molecule has 0 bridgehead atoms. The number of nitrogens with one attached hydrogen (secondary N) is 1. The maximum Gasteiger partial charge on any atom is 0.118 e. The summed E-state index contributed by atoms with van der Waals surface area (Å²) < 4.78 is 10.6. The molecule has 2 atom stereocenters. The first-order chi connectivity index (χ1) is 9.52. The summed E-state index contributed by atoms with van der Waals surface area (Å²) in [5, 5.41) is 13.1. The minimum atomic E-state index is -0.477. The second-order valence-electron chi connectivity index (χ2n) is 5.49. The van der Waals surface area contributed by atoms with E-state index >= 15 is 0 Å². The molecule has 1 aromatic carbocycles. The van der Waals surface area contributed by atoms with E-state index in [0.29, 0.717) is 25.7 Å². The SMILES string of the molecule is COc1ccc(C(C)NCC(O)COCC(C)C)cc1. The van der Waals surface area contributed by atoms with Gasteiger partial charge in [0.15, 0.2) is 0 Å². The summed E-state index contributed by atoms with van der Waals surface area (Å²) in [7, 11) is 1.66. The van der Waals surface area contributed by atoms with Crippen molar-refractivity contribution in [3.8, 4) is 5.75 Å². The fourth-order valence-electron chi connectivity index (χ4n) is 1.82. The maximum atomic E-state index is 9.83. The number of methoxy groups -OCH3 is 1. The van der Waals surface area contributed by atoms with E-state index in [0.717, 1.165) is 5.75 Å². The van der Waals surface area contributed by atoms with Crippen LogP contribution in [0.5, 0.6) is 5.75 Å². The van der Waals surface area contributed by atoms with Crippen LogP contribution in [0.4, 0.5) is 0 Å². The predicted molar refractivity (Wildman–Crippen MR) is 81.1 cm³/mol. The molecule has 0 amide bonds. The highest BCUT2D eigenvalue weighted by Gasteiger charge is 2.09. The average molecular weight is 281 g/mol. The molecule has 0 aliphatic rings. The van der Waals surface area contributed by atoms with Gasteiger partial charge >= 0.3 is 0 Å². The minimum absolute atomic E-state index is 0.181. The van der Waals surface area contributed by atoms with E-state index in [1.807, 2.05) is 24.3 Å². The molecule has 1 rings (SSSR count). The monoisotopic (exact) mass is 281 g/mol. The third-order valence-corrected chi connectivity index (χ3v) is 3.04. The van der Waals surface area contributed by atoms with Gasteiger partial charge in [0, 0.05) is 19.2 Å². The third-order valence-electron chi connectivity index (χ3n) is 3.04. The van der Waals surface area contributed by atoms with Crippen LogP contribution in [0.2, 0.25) is 0 Å². The summed E-state index contributed by atoms with van der Waals surface area (Å²) in [5.41, 5.74) is 1.17. The molecule has 0 radical (unpaired) electrons. The number of rotatable bonds is 9. The Morgan fingerprint density at radius 1 is 1.10 bits per heavy atom. The Morgan fingerprint density at radius 3 is 2.30 bits per heavy atom. The summed E-state index contributed by atoms with van der Waals surface area (Å²) in [5.74, 6) is 1.34. The first-order valence-corrected chi connectivity index (χ1v) is 7.16. The highest BCUT2D eigenvalue weighted by atomic mass is 16.5. The van der Waals surface area contributed by atoms with E-state index in [4.69, 9.17) is 9.47 Å². The highest BCUT2D eigenvalue weighted by Crippen LogP contribution is 2.17. The lowest BCUT2D eigenvalue weighted by Gasteiger charge is -2.18. The number of aliphatic hydroxyl groups is 1. The van der Waals surface area contributed by atoms with Crippen molar-refractivity contribution >= 4 is 0 Å². The van der Waals surface area contributed by atoms with Crippen molar-refractivity contribution in [2.45, 2.75) is 32.9 Å². The van der Waals surface area contributed by atoms with Crippen LogP contribution in [-0.4, -0.2) is 38.1 Å². The number of aliphatic hydroxyl groups excluding tert-OH is 1. The van der Waals surface area contributed by atoms with Gasteiger partial charge in [-0.25, -0.2) is 0 Å². The van der Waals surface area contributed by atoms with E-state index in [1.165, 1.54) is 5.56 Å². The first kappa shape index (κ1) is 17.0. The van der Waals surface area contributed by atoms with Crippen molar-refractivity contribution in [1.29, 1.82) is 0 Å². The lowest BCUT2D eigenvalue weighted by atomic mass is 10.1. The molecule has 1 aromatic rings. The summed E-state index contributed by atoms with van der Waals surface area (Å²) in [4.78, 5) is 0. The fourth-order valence-corrected chi connectivity index (χ4v) is 1.82. The number of hydrogen-bond acceptors (Lipinski definition) is 4. The Morgan fingerprint density at radius 2 is 1.75 bits per heavy atom. The molecule has 0 saturated carbocycles. The lowest BCUT2D eigenvalue weighted by Crippen LogP contribution is -2.32. The molecule has 4 nitrogen and oxygen atoms in total. The van der Waals surface area contributed by atoms with Crippen LogP contribution in [0.15, 0.2) is 24.3 Å². The van der Waals surface area contributed by atoms with Crippen molar-refractivity contribution in [3.05, 3.63) is 29.8 Å². The number of benzene rings is 1. The Kier molecular flexibility index (Phi) is 7.59. The zero-order valence-electron chi connectivity index (χ0n) is 12.9. The van der Waals surface area contributed by atoms with Gasteiger partial charge in [0.05, 0.1) is 19.8 Å². The first-order valence-electron chi connectivity index (χ1n) is 7.16. The minimum Gasteiger partial charge on any atom is -0.497 e. The van der Waals surface area contributed by atoms with E-state index in [-0.39, 0.29) is 6.04 Å². The topological polar surface area (TPSA) is 50.7 Å². The van der Waals surface area contributed by atoms with Crippen LogP contribution in [0.25, 0.3) is 0 Å². The highest BCUT2D eigenvalue weighted by molar-refractivity contribution is 5.28. The van der Waals surface area contributed by atoms with Crippen LogP contribution in [0, 0.1) is 5.92 Å². The molecule has 0 spiro atoms. The van der Waals surface area contributed by atoms with Gasteiger partial charge in [-0.1, -0.05) is 26.0 Å². The van der Waals surface area contributed by atoms with Crippen LogP contribution in [0.1, 0.15) is 32.4 Å². The van der Waals surface area contributed by atoms with Gasteiger partial charge < -0.3 is 19.9 Å². The van der Waals surface area contributed by atoms with Gasteiger partial charge in [0.25, 0.3) is 0 Å². The molecule has 0 aromatic heterocycles. The zero-order chi connectivity index (χ0) is 15.0. The Labute approximate surface area is 122 Å². The Balaban J connectivity index is 2.29. The van der Waals surface area contributed by atoms with Crippen LogP contribution < -0.4 is 10.1 Å². The molecule has 2 unspecified atom stereocenters. The van der Waals surface area contributed by atoms with E-state index in [2.05, 4.69) is 26.1 Å². The number of ether oxygens (including phenoxy) is 2. The average Bonchev–Trinajstić information content (AvgIpc) is 2.44. The van der Waals surface area contributed by atoms with Crippen molar-refractivity contribution in [2.75, 3.05) is 26.9 Å². The van der Waals surface area contributed by atoms with Crippen molar-refractivity contribution in [2.24, 2.45) is 5.92 Å². The molecule has 2 N–H and O–H groups in total. The molecule has 0 aliphatic carbocycles. The van der Waals surface area contributed by atoms with Crippen LogP contribution in [0.3, 0.4) is 0 Å². The van der Waals surface area contributed by atoms with E-state index < -0.39 is 6.10 Å². The smallest absolute Gasteiger partial charge is 0.118 e. The van der Waals surface area contributed by atoms with Crippen molar-refractivity contribution in [1.82, 2.24) is 5.32 Å². The van der Waals surface area contributed by atoms with Gasteiger partial charge in [-0.15, -0.1) is 0 Å². The largest absolute Gasteiger partial charge is 0.497 e. The Hall–Kier alpha value is -1.10. The summed E-state index contributed by atoms with van der Waals surface area (Å²) >= 11 is 0. The van der Waals surface area contributed by atoms with E-state index in [9.17, 15) is 5.11 Å². The van der Waals surface area contributed by atoms with E-state index in [1.54, 1.807) is 7.11 Å². The number of hydrogen-bond donors (Lipinski definition) is 2. The molecular formula is C16H27NO3. The molecule has 114 valence electrons. The molecule has 0 saturated heterocycles. The molecule has 20 heavy (non-hydrogen) atoms. The second kappa shape index (κ2) is 8.95. The van der Waals surface area contributed by atoms with Crippen molar-refractivity contribution < 1.29 is 14.6 Å². The normalized spacial score (nSPS) is 14.3. The van der Waals surface area contributed by atoms with Gasteiger partial charge in [-0.05, 0) is 30.5 Å². The van der Waals surface area contributed by atoms with Crippen LogP contribution in [-0.2, 0) is 4.74 Å². The summed E-state index contributed by atoms with van der Waals surface area (Å²) in [6.45, 7) is 7.84. The molecule has 4 heteroatoms. The molecule has 0 heterocycles. The lowest BCUT2D eigenvalue weighted by molar-refractivity contribution is 0.0252. The zero-order valence-corrected chi connectivity index (χ0v) is 12.9. The molecule has 0 aliphatic heterocycles. The fraction of sp³-hybridized carbons (Fsp3) is 0.625. The predicted octanol–water partition coefficient (Wildman–Crippen LogP) is 2.38. The summed E-state index contributed by atoms with van der Waals surface area (Å²) in [6.07, 6.45) is -0.477. The van der Waals surface area contributed by atoms with Crippen molar-refractivity contribution in [3.63, 3.8) is 0 Å². The molecule has 0 fully saturated rings. The van der Waals surface area contributed by atoms with Gasteiger partial charge in [0.1, 0.15) is 5.75 Å². The van der Waals surface area contributed by atoms with Gasteiger partial charge in [-0.3, -0.25) is 0 Å². The quantitative estimate of drug-likeness (QED) is 0.729. The van der Waals surface area contributed by atoms with Gasteiger partial charge in [-0.2, -0.15) is 0 Å². The third kappa shape index (κ3) is 6.37. The van der Waals surface area contributed by atoms with Crippen LogP contribution >= 0.6 is 0 Å². The van der Waals surface area contributed by atoms with Gasteiger partial charge in [0.2, 0.25) is 0 Å². The maximum absolute atomic E-state index is 9.83. The standard InChI is InChI=1S/C16H27NO3/c1-12(2)10-20-11-15(18)9-17-13(3)14-5-7-16(19-4)8-6-14/h5-8,12-13,15,17-18H,9-11H2,1-4H3.